The van der Waals surface area contributed by atoms with E-state index in [0.717, 1.165) is 42.9 Å². The van der Waals surface area contributed by atoms with Gasteiger partial charge in [0.15, 0.2) is 0 Å². The number of benzene rings is 1. The van der Waals surface area contributed by atoms with E-state index in [1.165, 1.54) is 12.1 Å². The summed E-state index contributed by atoms with van der Waals surface area (Å²) in [7, 11) is 0. The molecule has 1 atom stereocenters. The number of likely N-dealkylation sites (tertiary alicyclic amines) is 1. The molecule has 0 saturated carbocycles. The third-order valence-corrected chi connectivity index (χ3v) is 6.16. The van der Waals surface area contributed by atoms with Gasteiger partial charge in [-0.15, -0.1) is 5.10 Å². The van der Waals surface area contributed by atoms with Gasteiger partial charge in [0.1, 0.15) is 17.6 Å². The topological polar surface area (TPSA) is 85.2 Å². The fraction of sp³-hybridized carbons (Fsp3) is 0.391. The van der Waals surface area contributed by atoms with Crippen LogP contribution < -0.4 is 5.32 Å². The molecular weight excluding hydrogens is 411 g/mol. The van der Waals surface area contributed by atoms with Crippen LogP contribution in [0.4, 0.5) is 4.39 Å². The summed E-state index contributed by atoms with van der Waals surface area (Å²) >= 11 is 0. The standard InChI is InChI=1S/C23H25FN6O2/c24-18-3-1-16(2-4-18)22-14-30-21(15-32-22)20(27-28-30)13-29-11-7-19(8-12-29)26-23(31)17-5-9-25-10-6-17/h1-6,9-10,19,22H,7-8,11-15H2,(H,26,31)/t22-/m0/s1. The Morgan fingerprint density at radius 1 is 1.12 bits per heavy atom. The first kappa shape index (κ1) is 20.7. The molecule has 2 aliphatic rings. The number of nitrogens with zero attached hydrogens (tertiary/aromatic N) is 5. The number of hydrogen-bond donors (Lipinski definition) is 1. The number of hydrogen-bond acceptors (Lipinski definition) is 6. The molecule has 0 spiro atoms. The van der Waals surface area contributed by atoms with Crippen molar-refractivity contribution in [1.29, 1.82) is 0 Å². The summed E-state index contributed by atoms with van der Waals surface area (Å²) < 4.78 is 21.1. The van der Waals surface area contributed by atoms with E-state index in [0.29, 0.717) is 25.3 Å². The Balaban J connectivity index is 1.14. The Hall–Kier alpha value is -3.17. The summed E-state index contributed by atoms with van der Waals surface area (Å²) in [6, 6.07) is 10.0. The zero-order valence-corrected chi connectivity index (χ0v) is 17.7. The van der Waals surface area contributed by atoms with Crippen LogP contribution in [0, 0.1) is 5.82 Å². The largest absolute Gasteiger partial charge is 0.365 e. The van der Waals surface area contributed by atoms with Crippen LogP contribution in [0.15, 0.2) is 48.8 Å². The number of ether oxygens (including phenoxy) is 1. The first-order valence-corrected chi connectivity index (χ1v) is 10.9. The Morgan fingerprint density at radius 3 is 2.62 bits per heavy atom. The highest BCUT2D eigenvalue weighted by Crippen LogP contribution is 2.27. The first-order chi connectivity index (χ1) is 15.7. The van der Waals surface area contributed by atoms with Crippen LogP contribution in [0.25, 0.3) is 0 Å². The number of amides is 1. The number of carbonyl (C=O) groups is 1. The number of nitrogens with one attached hydrogen (secondary N) is 1. The highest BCUT2D eigenvalue weighted by Gasteiger charge is 2.27. The summed E-state index contributed by atoms with van der Waals surface area (Å²) in [6.45, 7) is 3.48. The Bertz CT molecular complexity index is 1060. The van der Waals surface area contributed by atoms with Crippen LogP contribution in [0.1, 0.15) is 46.3 Å². The maximum absolute atomic E-state index is 13.2. The number of halogens is 1. The second-order valence-corrected chi connectivity index (χ2v) is 8.28. The summed E-state index contributed by atoms with van der Waals surface area (Å²) in [6.07, 6.45) is 4.88. The van der Waals surface area contributed by atoms with E-state index >= 15 is 0 Å². The number of aromatic nitrogens is 4. The average molecular weight is 436 g/mol. The van der Waals surface area contributed by atoms with Crippen LogP contribution in [-0.2, 0) is 24.4 Å². The number of piperidine rings is 1. The highest BCUT2D eigenvalue weighted by molar-refractivity contribution is 5.94. The molecule has 0 bridgehead atoms. The highest BCUT2D eigenvalue weighted by atomic mass is 19.1. The predicted molar refractivity (Wildman–Crippen MR) is 114 cm³/mol. The zero-order valence-electron chi connectivity index (χ0n) is 17.7. The van der Waals surface area contributed by atoms with Gasteiger partial charge in [-0.25, -0.2) is 9.07 Å². The summed E-state index contributed by atoms with van der Waals surface area (Å²) in [5.74, 6) is -0.305. The van der Waals surface area contributed by atoms with E-state index in [4.69, 9.17) is 4.74 Å². The molecule has 8 nitrogen and oxygen atoms in total. The molecule has 32 heavy (non-hydrogen) atoms. The molecule has 5 rings (SSSR count). The van der Waals surface area contributed by atoms with E-state index in [9.17, 15) is 9.18 Å². The van der Waals surface area contributed by atoms with E-state index in [1.54, 1.807) is 36.7 Å². The number of fused-ring (bicyclic) bond motifs is 1. The lowest BCUT2D eigenvalue weighted by molar-refractivity contribution is -0.00220. The molecule has 1 saturated heterocycles. The van der Waals surface area contributed by atoms with Crippen LogP contribution in [0.2, 0.25) is 0 Å². The normalized spacial score (nSPS) is 19.5. The van der Waals surface area contributed by atoms with E-state index in [1.807, 2.05) is 4.68 Å². The molecule has 166 valence electrons. The number of pyridine rings is 1. The van der Waals surface area contributed by atoms with Gasteiger partial charge in [0.2, 0.25) is 0 Å². The molecule has 1 N–H and O–H groups in total. The lowest BCUT2D eigenvalue weighted by Gasteiger charge is -2.32. The van der Waals surface area contributed by atoms with Crippen molar-refractivity contribution in [3.8, 4) is 0 Å². The maximum atomic E-state index is 13.2. The van der Waals surface area contributed by atoms with Crippen LogP contribution in [0.5, 0.6) is 0 Å². The van der Waals surface area contributed by atoms with Crippen molar-refractivity contribution in [2.75, 3.05) is 13.1 Å². The number of rotatable bonds is 5. The predicted octanol–water partition coefficient (Wildman–Crippen LogP) is 2.48. The summed E-state index contributed by atoms with van der Waals surface area (Å²) in [5.41, 5.74) is 3.50. The molecule has 1 aromatic carbocycles. The van der Waals surface area contributed by atoms with E-state index in [-0.39, 0.29) is 23.9 Å². The van der Waals surface area contributed by atoms with Crippen LogP contribution in [-0.4, -0.2) is 49.9 Å². The molecule has 2 aromatic heterocycles. The van der Waals surface area contributed by atoms with Crippen molar-refractivity contribution >= 4 is 5.91 Å². The van der Waals surface area contributed by atoms with Crippen molar-refractivity contribution in [1.82, 2.24) is 30.2 Å². The van der Waals surface area contributed by atoms with Crippen molar-refractivity contribution in [2.24, 2.45) is 0 Å². The van der Waals surface area contributed by atoms with Crippen molar-refractivity contribution in [3.63, 3.8) is 0 Å². The quantitative estimate of drug-likeness (QED) is 0.662. The smallest absolute Gasteiger partial charge is 0.251 e. The van der Waals surface area contributed by atoms with Crippen LogP contribution >= 0.6 is 0 Å². The minimum absolute atomic E-state index is 0.0499. The van der Waals surface area contributed by atoms with Gasteiger partial charge in [-0.3, -0.25) is 14.7 Å². The Labute approximate surface area is 185 Å². The van der Waals surface area contributed by atoms with E-state index in [2.05, 4.69) is 25.5 Å². The zero-order chi connectivity index (χ0) is 21.9. The third-order valence-electron chi connectivity index (χ3n) is 6.16. The average Bonchev–Trinajstić information content (AvgIpc) is 3.23. The Kier molecular flexibility index (Phi) is 5.91. The first-order valence-electron chi connectivity index (χ1n) is 10.9. The van der Waals surface area contributed by atoms with Gasteiger partial charge in [0.25, 0.3) is 5.91 Å². The lowest BCUT2D eigenvalue weighted by Crippen LogP contribution is -2.44. The molecule has 0 aliphatic carbocycles. The monoisotopic (exact) mass is 436 g/mol. The second-order valence-electron chi connectivity index (χ2n) is 8.28. The van der Waals surface area contributed by atoms with E-state index < -0.39 is 0 Å². The molecule has 1 amide bonds. The van der Waals surface area contributed by atoms with Gasteiger partial charge in [-0.1, -0.05) is 17.3 Å². The fourth-order valence-corrected chi connectivity index (χ4v) is 4.28. The molecule has 0 radical (unpaired) electrons. The summed E-state index contributed by atoms with van der Waals surface area (Å²) in [4.78, 5) is 18.6. The SMILES string of the molecule is O=C(NC1CCN(Cc2nnn3c2CO[C@H](c2ccc(F)cc2)C3)CC1)c1ccncc1. The van der Waals surface area contributed by atoms with Gasteiger partial charge >= 0.3 is 0 Å². The van der Waals surface area contributed by atoms with Crippen molar-refractivity contribution < 1.29 is 13.9 Å². The molecule has 9 heteroatoms. The minimum Gasteiger partial charge on any atom is -0.365 e. The minimum atomic E-state index is -0.256. The fourth-order valence-electron chi connectivity index (χ4n) is 4.28. The maximum Gasteiger partial charge on any atom is 0.251 e. The molecule has 2 aliphatic heterocycles. The molecule has 0 unspecified atom stereocenters. The van der Waals surface area contributed by atoms with Gasteiger partial charge in [0.05, 0.1) is 18.8 Å². The lowest BCUT2D eigenvalue weighted by atomic mass is 10.0. The Morgan fingerprint density at radius 2 is 1.88 bits per heavy atom. The van der Waals surface area contributed by atoms with Gasteiger partial charge in [0, 0.05) is 43.6 Å². The van der Waals surface area contributed by atoms with Gasteiger partial charge in [-0.05, 0) is 42.7 Å². The third kappa shape index (κ3) is 4.53. The number of carbonyl (C=O) groups excluding carboxylic acids is 1. The molecule has 4 heterocycles. The molecule has 3 aromatic rings. The van der Waals surface area contributed by atoms with Gasteiger partial charge in [-0.2, -0.15) is 0 Å². The molecule has 1 fully saturated rings. The summed E-state index contributed by atoms with van der Waals surface area (Å²) in [5, 5.41) is 11.8. The van der Waals surface area contributed by atoms with Gasteiger partial charge < -0.3 is 10.1 Å². The van der Waals surface area contributed by atoms with Crippen molar-refractivity contribution in [3.05, 3.63) is 77.1 Å². The van der Waals surface area contributed by atoms with Crippen LogP contribution in [0.3, 0.4) is 0 Å². The second kappa shape index (κ2) is 9.13. The molecular formula is C23H25FN6O2. The van der Waals surface area contributed by atoms with Crippen molar-refractivity contribution in [2.45, 2.75) is 44.7 Å².